The number of amides is 1. The van der Waals surface area contributed by atoms with E-state index in [4.69, 9.17) is 5.11 Å². The lowest BCUT2D eigenvalue weighted by molar-refractivity contribution is -0.130. The number of carboxylic acid groups (broad SMARTS) is 1. The molecule has 3 heterocycles. The van der Waals surface area contributed by atoms with Crippen molar-refractivity contribution in [1.82, 2.24) is 19.9 Å². The smallest absolute Gasteiger partial charge is 0.337 e. The fourth-order valence-electron chi connectivity index (χ4n) is 3.15. The third-order valence-corrected chi connectivity index (χ3v) is 4.43. The van der Waals surface area contributed by atoms with Crippen LogP contribution in [-0.2, 0) is 11.2 Å². The quantitative estimate of drug-likeness (QED) is 0.915. The molecule has 1 fully saturated rings. The SMILES string of the molecule is CC(=O)N1CCC[C@H](Cc2cncc(-c3cncc(C(=O)O)c3)n2)C1. The van der Waals surface area contributed by atoms with Crippen molar-refractivity contribution in [3.05, 3.63) is 42.1 Å². The number of hydrogen-bond acceptors (Lipinski definition) is 5. The van der Waals surface area contributed by atoms with Gasteiger partial charge in [-0.15, -0.1) is 0 Å². The first-order chi connectivity index (χ1) is 12.0. The Labute approximate surface area is 145 Å². The maximum atomic E-state index is 11.6. The molecule has 25 heavy (non-hydrogen) atoms. The Balaban J connectivity index is 1.77. The van der Waals surface area contributed by atoms with Crippen LogP contribution in [0.15, 0.2) is 30.9 Å². The molecular weight excluding hydrogens is 320 g/mol. The summed E-state index contributed by atoms with van der Waals surface area (Å²) in [5, 5.41) is 9.09. The molecule has 0 aromatic carbocycles. The molecule has 7 heteroatoms. The van der Waals surface area contributed by atoms with E-state index in [-0.39, 0.29) is 11.5 Å². The molecule has 1 aliphatic rings. The van der Waals surface area contributed by atoms with Crippen molar-refractivity contribution in [3.8, 4) is 11.3 Å². The molecule has 0 unspecified atom stereocenters. The van der Waals surface area contributed by atoms with Crippen molar-refractivity contribution in [2.45, 2.75) is 26.2 Å². The number of rotatable bonds is 4. The zero-order valence-corrected chi connectivity index (χ0v) is 14.1. The summed E-state index contributed by atoms with van der Waals surface area (Å²) in [6.07, 6.45) is 9.03. The van der Waals surface area contributed by atoms with E-state index in [0.29, 0.717) is 17.2 Å². The summed E-state index contributed by atoms with van der Waals surface area (Å²) in [6.45, 7) is 3.17. The Hall–Kier alpha value is -2.83. The van der Waals surface area contributed by atoms with Gasteiger partial charge in [-0.2, -0.15) is 0 Å². The molecule has 0 spiro atoms. The van der Waals surface area contributed by atoms with Crippen molar-refractivity contribution in [2.24, 2.45) is 5.92 Å². The number of piperidine rings is 1. The third-order valence-electron chi connectivity index (χ3n) is 4.43. The molecule has 3 rings (SSSR count). The summed E-state index contributed by atoms with van der Waals surface area (Å²) in [5.41, 5.74) is 2.19. The van der Waals surface area contributed by atoms with Gasteiger partial charge in [-0.3, -0.25) is 14.8 Å². The standard InChI is InChI=1S/C18H20N4O3/c1-12(23)22-4-2-3-13(11-22)5-16-9-20-10-17(21-16)14-6-15(18(24)25)8-19-7-14/h6-10,13H,2-5,11H2,1H3,(H,24,25)/t13-/m1/s1. The Morgan fingerprint density at radius 2 is 2.04 bits per heavy atom. The number of aromatic carboxylic acids is 1. The zero-order valence-electron chi connectivity index (χ0n) is 14.1. The van der Waals surface area contributed by atoms with Crippen molar-refractivity contribution >= 4 is 11.9 Å². The Morgan fingerprint density at radius 1 is 1.24 bits per heavy atom. The fraction of sp³-hybridized carbons (Fsp3) is 0.389. The third kappa shape index (κ3) is 4.17. The predicted molar refractivity (Wildman–Crippen MR) is 90.9 cm³/mol. The van der Waals surface area contributed by atoms with E-state index in [0.717, 1.165) is 38.0 Å². The van der Waals surface area contributed by atoms with Crippen LogP contribution in [0.3, 0.4) is 0 Å². The first-order valence-electron chi connectivity index (χ1n) is 8.28. The van der Waals surface area contributed by atoms with Crippen molar-refractivity contribution in [2.75, 3.05) is 13.1 Å². The highest BCUT2D eigenvalue weighted by atomic mass is 16.4. The number of carbonyl (C=O) groups excluding carboxylic acids is 1. The second kappa shape index (κ2) is 7.38. The van der Waals surface area contributed by atoms with Crippen LogP contribution < -0.4 is 0 Å². The van der Waals surface area contributed by atoms with Crippen molar-refractivity contribution in [3.63, 3.8) is 0 Å². The Kier molecular flexibility index (Phi) is 5.02. The van der Waals surface area contributed by atoms with Crippen LogP contribution in [0.5, 0.6) is 0 Å². The lowest BCUT2D eigenvalue weighted by Gasteiger charge is -2.31. The van der Waals surface area contributed by atoms with E-state index < -0.39 is 5.97 Å². The number of carboxylic acids is 1. The topological polar surface area (TPSA) is 96.3 Å². The van der Waals surface area contributed by atoms with Gasteiger partial charge in [0.15, 0.2) is 0 Å². The maximum absolute atomic E-state index is 11.6. The van der Waals surface area contributed by atoms with E-state index in [1.165, 1.54) is 6.20 Å². The summed E-state index contributed by atoms with van der Waals surface area (Å²) >= 11 is 0. The molecule has 130 valence electrons. The molecule has 0 saturated carbocycles. The second-order valence-corrected chi connectivity index (χ2v) is 6.34. The van der Waals surface area contributed by atoms with Crippen LogP contribution in [0.25, 0.3) is 11.3 Å². The largest absolute Gasteiger partial charge is 0.478 e. The molecule has 1 saturated heterocycles. The summed E-state index contributed by atoms with van der Waals surface area (Å²) in [4.78, 5) is 37.3. The molecule has 1 amide bonds. The minimum absolute atomic E-state index is 0.112. The van der Waals surface area contributed by atoms with Gasteiger partial charge in [0.25, 0.3) is 0 Å². The molecule has 1 aliphatic heterocycles. The molecule has 0 bridgehead atoms. The Morgan fingerprint density at radius 3 is 2.80 bits per heavy atom. The molecule has 2 aromatic heterocycles. The number of likely N-dealkylation sites (tertiary alicyclic amines) is 1. The molecule has 0 aliphatic carbocycles. The van der Waals surface area contributed by atoms with Crippen LogP contribution in [-0.4, -0.2) is 49.9 Å². The number of pyridine rings is 1. The highest BCUT2D eigenvalue weighted by Crippen LogP contribution is 2.22. The van der Waals surface area contributed by atoms with Gasteiger partial charge in [-0.05, 0) is 31.2 Å². The average Bonchev–Trinajstić information content (AvgIpc) is 2.62. The van der Waals surface area contributed by atoms with Gasteiger partial charge in [0, 0.05) is 44.2 Å². The zero-order chi connectivity index (χ0) is 17.8. The van der Waals surface area contributed by atoms with Crippen LogP contribution in [0, 0.1) is 5.92 Å². The monoisotopic (exact) mass is 340 g/mol. The summed E-state index contributed by atoms with van der Waals surface area (Å²) in [5.74, 6) is -0.545. The minimum Gasteiger partial charge on any atom is -0.478 e. The lowest BCUT2D eigenvalue weighted by Crippen LogP contribution is -2.39. The lowest BCUT2D eigenvalue weighted by atomic mass is 9.93. The predicted octanol–water partition coefficient (Wildman–Crippen LogP) is 2.04. The highest BCUT2D eigenvalue weighted by molar-refractivity contribution is 5.88. The van der Waals surface area contributed by atoms with Gasteiger partial charge in [0.1, 0.15) is 0 Å². The van der Waals surface area contributed by atoms with Gasteiger partial charge < -0.3 is 10.0 Å². The molecular formula is C18H20N4O3. The van der Waals surface area contributed by atoms with E-state index in [2.05, 4.69) is 15.0 Å². The minimum atomic E-state index is -1.02. The van der Waals surface area contributed by atoms with Crippen LogP contribution in [0.4, 0.5) is 0 Å². The Bertz CT molecular complexity index is 793. The maximum Gasteiger partial charge on any atom is 0.337 e. The number of nitrogens with zero attached hydrogens (tertiary/aromatic N) is 4. The second-order valence-electron chi connectivity index (χ2n) is 6.34. The van der Waals surface area contributed by atoms with Gasteiger partial charge >= 0.3 is 5.97 Å². The first kappa shape index (κ1) is 17.0. The van der Waals surface area contributed by atoms with Gasteiger partial charge in [-0.25, -0.2) is 9.78 Å². The average molecular weight is 340 g/mol. The summed E-state index contributed by atoms with van der Waals surface area (Å²) in [7, 11) is 0. The summed E-state index contributed by atoms with van der Waals surface area (Å²) in [6, 6.07) is 1.54. The molecule has 1 N–H and O–H groups in total. The van der Waals surface area contributed by atoms with Crippen molar-refractivity contribution in [1.29, 1.82) is 0 Å². The number of aromatic nitrogens is 3. The first-order valence-corrected chi connectivity index (χ1v) is 8.28. The van der Waals surface area contributed by atoms with E-state index >= 15 is 0 Å². The molecule has 7 nitrogen and oxygen atoms in total. The van der Waals surface area contributed by atoms with Crippen LogP contribution >= 0.6 is 0 Å². The fourth-order valence-corrected chi connectivity index (χ4v) is 3.15. The summed E-state index contributed by atoms with van der Waals surface area (Å²) < 4.78 is 0. The highest BCUT2D eigenvalue weighted by Gasteiger charge is 2.22. The van der Waals surface area contributed by atoms with Crippen molar-refractivity contribution < 1.29 is 14.7 Å². The van der Waals surface area contributed by atoms with Gasteiger partial charge in [0.05, 0.1) is 23.1 Å². The van der Waals surface area contributed by atoms with Crippen LogP contribution in [0.2, 0.25) is 0 Å². The normalized spacial score (nSPS) is 17.3. The molecule has 0 radical (unpaired) electrons. The number of hydrogen-bond donors (Lipinski definition) is 1. The molecule has 1 atom stereocenters. The van der Waals surface area contributed by atoms with Gasteiger partial charge in [-0.1, -0.05) is 0 Å². The van der Waals surface area contributed by atoms with Crippen LogP contribution in [0.1, 0.15) is 35.8 Å². The molecule has 2 aromatic rings. The van der Waals surface area contributed by atoms with E-state index in [1.54, 1.807) is 31.6 Å². The van der Waals surface area contributed by atoms with E-state index in [1.807, 2.05) is 4.90 Å². The number of carbonyl (C=O) groups is 2. The van der Waals surface area contributed by atoms with Gasteiger partial charge in [0.2, 0.25) is 5.91 Å². The van der Waals surface area contributed by atoms with E-state index in [9.17, 15) is 9.59 Å².